The van der Waals surface area contributed by atoms with Crippen LogP contribution in [0.1, 0.15) is 0 Å². The van der Waals surface area contributed by atoms with Gasteiger partial charge >= 0.3 is 0 Å². The van der Waals surface area contributed by atoms with Crippen LogP contribution in [-0.2, 0) is 0 Å². The monoisotopic (exact) mass is 294 g/mol. The summed E-state index contributed by atoms with van der Waals surface area (Å²) in [7, 11) is 0. The molecule has 2 aromatic rings. The molecular weight excluding hydrogens is 279 g/mol. The van der Waals surface area contributed by atoms with Gasteiger partial charge in [-0.1, -0.05) is 36.4 Å². The third-order valence-corrected chi connectivity index (χ3v) is 2.25. The second-order valence-electron chi connectivity index (χ2n) is 3.24. The summed E-state index contributed by atoms with van der Waals surface area (Å²) >= 11 is 0. The molecule has 2 nitrogen and oxygen atoms in total. The maximum absolute atomic E-state index is 5.46. The highest BCUT2D eigenvalue weighted by Gasteiger charge is 1.97. The molecular formula is C12H17Cl3N2. The van der Waals surface area contributed by atoms with Crippen molar-refractivity contribution in [3.8, 4) is 0 Å². The summed E-state index contributed by atoms with van der Waals surface area (Å²) in [6.07, 6.45) is 0. The molecule has 0 atom stereocenters. The lowest BCUT2D eigenvalue weighted by molar-refractivity contribution is 1.03. The zero-order valence-electron chi connectivity index (χ0n) is 9.26. The van der Waals surface area contributed by atoms with Crippen molar-refractivity contribution in [2.75, 3.05) is 18.4 Å². The fraction of sp³-hybridized carbons (Fsp3) is 0.167. The summed E-state index contributed by atoms with van der Waals surface area (Å²) in [5.41, 5.74) is 6.62. The molecule has 0 aliphatic carbocycles. The van der Waals surface area contributed by atoms with E-state index in [9.17, 15) is 0 Å². The van der Waals surface area contributed by atoms with Crippen molar-refractivity contribution in [3.63, 3.8) is 0 Å². The first-order valence-electron chi connectivity index (χ1n) is 4.83. The van der Waals surface area contributed by atoms with Crippen LogP contribution in [0.5, 0.6) is 0 Å². The van der Waals surface area contributed by atoms with E-state index in [1.807, 2.05) is 0 Å². The van der Waals surface area contributed by atoms with Crippen molar-refractivity contribution < 1.29 is 0 Å². The summed E-state index contributed by atoms with van der Waals surface area (Å²) in [5, 5.41) is 5.82. The molecule has 0 saturated carbocycles. The molecule has 0 aliphatic rings. The van der Waals surface area contributed by atoms with Crippen LogP contribution in [0.4, 0.5) is 5.69 Å². The lowest BCUT2D eigenvalue weighted by Gasteiger charge is -2.08. The van der Waals surface area contributed by atoms with E-state index < -0.39 is 0 Å². The number of fused-ring (bicyclic) bond motifs is 1. The van der Waals surface area contributed by atoms with Gasteiger partial charge in [-0.25, -0.2) is 0 Å². The first-order chi connectivity index (χ1) is 6.92. The Kier molecular flexibility index (Phi) is 10.3. The molecule has 0 amide bonds. The average molecular weight is 296 g/mol. The predicted octanol–water partition coefficient (Wildman–Crippen LogP) is 3.48. The molecule has 0 bridgehead atoms. The molecule has 17 heavy (non-hydrogen) atoms. The number of rotatable bonds is 3. The fourth-order valence-corrected chi connectivity index (χ4v) is 1.59. The maximum atomic E-state index is 5.46. The van der Waals surface area contributed by atoms with Gasteiger partial charge in [-0.15, -0.1) is 37.2 Å². The molecule has 0 aromatic heterocycles. The van der Waals surface area contributed by atoms with Crippen molar-refractivity contribution >= 4 is 53.7 Å². The Morgan fingerprint density at radius 1 is 0.882 bits per heavy atom. The molecule has 0 unspecified atom stereocenters. The molecule has 0 fully saturated rings. The second-order valence-corrected chi connectivity index (χ2v) is 3.24. The minimum Gasteiger partial charge on any atom is -0.383 e. The quantitative estimate of drug-likeness (QED) is 0.910. The number of halogens is 3. The largest absolute Gasteiger partial charge is 0.383 e. The summed E-state index contributed by atoms with van der Waals surface area (Å²) in [6, 6.07) is 14.6. The Bertz CT molecular complexity index is 430. The lowest BCUT2D eigenvalue weighted by Crippen LogP contribution is -2.13. The average Bonchev–Trinajstić information content (AvgIpc) is 2.26. The molecule has 3 N–H and O–H groups in total. The minimum atomic E-state index is 0. The fourth-order valence-electron chi connectivity index (χ4n) is 1.59. The molecule has 2 rings (SSSR count). The zero-order valence-corrected chi connectivity index (χ0v) is 11.7. The first-order valence-corrected chi connectivity index (χ1v) is 4.83. The Morgan fingerprint density at radius 2 is 1.53 bits per heavy atom. The summed E-state index contributed by atoms with van der Waals surface area (Å²) < 4.78 is 0. The topological polar surface area (TPSA) is 38.0 Å². The van der Waals surface area contributed by atoms with Gasteiger partial charge in [0.1, 0.15) is 0 Å². The number of nitrogens with two attached hydrogens (primary N) is 1. The van der Waals surface area contributed by atoms with Gasteiger partial charge in [-0.2, -0.15) is 0 Å². The molecule has 5 heteroatoms. The van der Waals surface area contributed by atoms with Gasteiger partial charge in [0.05, 0.1) is 0 Å². The Labute approximate surface area is 120 Å². The van der Waals surface area contributed by atoms with Crippen molar-refractivity contribution in [2.24, 2.45) is 5.73 Å². The highest BCUT2D eigenvalue weighted by Crippen LogP contribution is 2.22. The van der Waals surface area contributed by atoms with E-state index in [1.54, 1.807) is 0 Å². The smallest absolute Gasteiger partial charge is 0.0420 e. The van der Waals surface area contributed by atoms with E-state index in [0.717, 1.165) is 12.2 Å². The molecule has 0 spiro atoms. The van der Waals surface area contributed by atoms with Crippen LogP contribution in [-0.4, -0.2) is 13.1 Å². The third kappa shape index (κ3) is 4.60. The molecule has 0 saturated heterocycles. The van der Waals surface area contributed by atoms with Gasteiger partial charge in [-0.3, -0.25) is 0 Å². The summed E-state index contributed by atoms with van der Waals surface area (Å²) in [6.45, 7) is 1.47. The van der Waals surface area contributed by atoms with Gasteiger partial charge in [0.2, 0.25) is 0 Å². The molecule has 0 aliphatic heterocycles. The first kappa shape index (κ1) is 18.7. The van der Waals surface area contributed by atoms with Gasteiger partial charge < -0.3 is 11.1 Å². The Morgan fingerprint density at radius 3 is 2.24 bits per heavy atom. The normalized spacial score (nSPS) is 8.53. The maximum Gasteiger partial charge on any atom is 0.0420 e. The molecule has 0 heterocycles. The van der Waals surface area contributed by atoms with E-state index in [4.69, 9.17) is 5.73 Å². The van der Waals surface area contributed by atoms with E-state index in [-0.39, 0.29) is 37.2 Å². The number of anilines is 1. The van der Waals surface area contributed by atoms with Crippen LogP contribution in [0.2, 0.25) is 0 Å². The van der Waals surface area contributed by atoms with Gasteiger partial charge in [-0.05, 0) is 11.5 Å². The summed E-state index contributed by atoms with van der Waals surface area (Å²) in [5.74, 6) is 0. The number of benzene rings is 2. The molecule has 0 radical (unpaired) electrons. The minimum absolute atomic E-state index is 0. The van der Waals surface area contributed by atoms with E-state index >= 15 is 0 Å². The second kappa shape index (κ2) is 9.37. The van der Waals surface area contributed by atoms with Crippen LogP contribution in [0.3, 0.4) is 0 Å². The van der Waals surface area contributed by atoms with Crippen LogP contribution < -0.4 is 11.1 Å². The standard InChI is InChI=1S/C12H14N2.3ClH/c13-8-9-14-12-7-3-5-10-4-1-2-6-11(10)12;;;/h1-7,14H,8-9,13H2;3*1H. The lowest BCUT2D eigenvalue weighted by atomic mass is 10.1. The van der Waals surface area contributed by atoms with Crippen LogP contribution >= 0.6 is 37.2 Å². The molecule has 96 valence electrons. The van der Waals surface area contributed by atoms with Crippen molar-refractivity contribution in [1.82, 2.24) is 0 Å². The van der Waals surface area contributed by atoms with Gasteiger partial charge in [0.25, 0.3) is 0 Å². The Hall–Kier alpha value is -0.670. The third-order valence-electron chi connectivity index (χ3n) is 2.25. The highest BCUT2D eigenvalue weighted by atomic mass is 35.5. The highest BCUT2D eigenvalue weighted by molar-refractivity contribution is 5.93. The van der Waals surface area contributed by atoms with Gasteiger partial charge in [0, 0.05) is 24.2 Å². The van der Waals surface area contributed by atoms with Gasteiger partial charge in [0.15, 0.2) is 0 Å². The van der Waals surface area contributed by atoms with Crippen LogP contribution in [0, 0.1) is 0 Å². The number of hydrogen-bond donors (Lipinski definition) is 2. The van der Waals surface area contributed by atoms with Crippen LogP contribution in [0.25, 0.3) is 10.8 Å². The predicted molar refractivity (Wildman–Crippen MR) is 83.2 cm³/mol. The van der Waals surface area contributed by atoms with E-state index in [1.165, 1.54) is 10.8 Å². The van der Waals surface area contributed by atoms with Crippen molar-refractivity contribution in [2.45, 2.75) is 0 Å². The zero-order chi connectivity index (χ0) is 9.80. The molecule has 2 aromatic carbocycles. The van der Waals surface area contributed by atoms with Crippen molar-refractivity contribution in [3.05, 3.63) is 42.5 Å². The van der Waals surface area contributed by atoms with Crippen LogP contribution in [0.15, 0.2) is 42.5 Å². The number of hydrogen-bond acceptors (Lipinski definition) is 2. The Balaban J connectivity index is 0. The van der Waals surface area contributed by atoms with E-state index in [2.05, 4.69) is 47.8 Å². The number of nitrogens with one attached hydrogen (secondary N) is 1. The SMILES string of the molecule is Cl.Cl.Cl.NCCNc1cccc2ccccc12. The van der Waals surface area contributed by atoms with Crippen molar-refractivity contribution in [1.29, 1.82) is 0 Å². The summed E-state index contributed by atoms with van der Waals surface area (Å²) in [4.78, 5) is 0. The van der Waals surface area contributed by atoms with E-state index in [0.29, 0.717) is 6.54 Å².